The highest BCUT2D eigenvalue weighted by atomic mass is 35.5. The van der Waals surface area contributed by atoms with Gasteiger partial charge in [0.1, 0.15) is 6.17 Å². The lowest BCUT2D eigenvalue weighted by Gasteiger charge is -2.13. The molecule has 5 heteroatoms. The van der Waals surface area contributed by atoms with Crippen molar-refractivity contribution in [2.24, 2.45) is 11.7 Å². The Kier molecular flexibility index (Phi) is 3.05. The van der Waals surface area contributed by atoms with Gasteiger partial charge in [0.15, 0.2) is 0 Å². The number of halogens is 1. The lowest BCUT2D eigenvalue weighted by molar-refractivity contribution is 0.395. The van der Waals surface area contributed by atoms with Crippen LogP contribution in [0.15, 0.2) is 18.3 Å². The molecule has 0 fully saturated rings. The highest BCUT2D eigenvalue weighted by Crippen LogP contribution is 2.24. The van der Waals surface area contributed by atoms with E-state index in [9.17, 15) is 0 Å². The maximum Gasteiger partial charge on any atom is 0.115 e. The van der Waals surface area contributed by atoms with E-state index in [1.165, 1.54) is 0 Å². The number of aromatic nitrogens is 2. The molecule has 2 aromatic rings. The zero-order valence-corrected chi connectivity index (χ0v) is 10.4. The zero-order valence-electron chi connectivity index (χ0n) is 9.68. The topological polar surface area (TPSA) is 67.6 Å². The average Bonchev–Trinajstić information content (AvgIpc) is 2.70. The van der Waals surface area contributed by atoms with Crippen LogP contribution in [-0.2, 0) is 0 Å². The van der Waals surface area contributed by atoms with Crippen molar-refractivity contribution in [1.82, 2.24) is 9.78 Å². The van der Waals surface area contributed by atoms with Gasteiger partial charge in [-0.1, -0.05) is 11.6 Å². The number of hydrogen-bond acceptors (Lipinski definition) is 3. The normalized spacial score (nSPS) is 14.5. The summed E-state index contributed by atoms with van der Waals surface area (Å²) in [4.78, 5) is 0. The minimum atomic E-state index is -0.439. The first-order valence-electron chi connectivity index (χ1n) is 5.33. The van der Waals surface area contributed by atoms with Gasteiger partial charge in [0, 0.05) is 16.6 Å². The van der Waals surface area contributed by atoms with E-state index in [1.54, 1.807) is 11.6 Å². The Morgan fingerprint density at radius 2 is 2.24 bits per heavy atom. The van der Waals surface area contributed by atoms with Gasteiger partial charge >= 0.3 is 0 Å². The quantitative estimate of drug-likeness (QED) is 0.888. The Bertz CT molecular complexity index is 596. The van der Waals surface area contributed by atoms with Gasteiger partial charge in [-0.2, -0.15) is 10.4 Å². The van der Waals surface area contributed by atoms with Crippen LogP contribution < -0.4 is 5.73 Å². The summed E-state index contributed by atoms with van der Waals surface area (Å²) in [5.41, 5.74) is 7.82. The van der Waals surface area contributed by atoms with Gasteiger partial charge < -0.3 is 5.73 Å². The van der Waals surface area contributed by atoms with Crippen molar-refractivity contribution in [3.63, 3.8) is 0 Å². The van der Waals surface area contributed by atoms with E-state index in [4.69, 9.17) is 22.6 Å². The van der Waals surface area contributed by atoms with Gasteiger partial charge in [0.2, 0.25) is 0 Å². The van der Waals surface area contributed by atoms with E-state index in [0.717, 1.165) is 16.5 Å². The molecule has 17 heavy (non-hydrogen) atoms. The molecule has 0 aliphatic carbocycles. The van der Waals surface area contributed by atoms with Crippen molar-refractivity contribution in [3.05, 3.63) is 28.9 Å². The molecule has 2 atom stereocenters. The second kappa shape index (κ2) is 4.36. The van der Waals surface area contributed by atoms with E-state index in [0.29, 0.717) is 5.02 Å². The van der Waals surface area contributed by atoms with Crippen LogP contribution in [0, 0.1) is 24.2 Å². The van der Waals surface area contributed by atoms with Crippen molar-refractivity contribution in [1.29, 1.82) is 5.26 Å². The largest absolute Gasteiger partial charge is 0.309 e. The van der Waals surface area contributed by atoms with Gasteiger partial charge in [-0.25, -0.2) is 0 Å². The number of nitriles is 1. The van der Waals surface area contributed by atoms with Crippen LogP contribution in [-0.4, -0.2) is 9.78 Å². The van der Waals surface area contributed by atoms with Crippen LogP contribution in [0.5, 0.6) is 0 Å². The highest BCUT2D eigenvalue weighted by molar-refractivity contribution is 6.31. The lowest BCUT2D eigenvalue weighted by atomic mass is 10.1. The summed E-state index contributed by atoms with van der Waals surface area (Å²) in [6.07, 6.45) is 1.39. The number of nitrogens with zero attached hydrogens (tertiary/aromatic N) is 3. The van der Waals surface area contributed by atoms with Crippen LogP contribution in [0.3, 0.4) is 0 Å². The Labute approximate surface area is 105 Å². The SMILES string of the molecule is Cc1cc(Cl)cc2cn(C(N)C(C)C#N)nc12. The maximum atomic E-state index is 8.85. The zero-order chi connectivity index (χ0) is 12.6. The molecule has 2 rings (SSSR count). The molecule has 0 amide bonds. The van der Waals surface area contributed by atoms with Gasteiger partial charge in [0.05, 0.1) is 17.5 Å². The van der Waals surface area contributed by atoms with Gasteiger partial charge in [-0.3, -0.25) is 4.68 Å². The van der Waals surface area contributed by atoms with Crippen LogP contribution >= 0.6 is 11.6 Å². The monoisotopic (exact) mass is 248 g/mol. The Balaban J connectivity index is 2.52. The third kappa shape index (κ3) is 2.12. The van der Waals surface area contributed by atoms with Gasteiger partial charge in [-0.15, -0.1) is 0 Å². The first kappa shape index (κ1) is 11.9. The predicted molar refractivity (Wildman–Crippen MR) is 67.5 cm³/mol. The molecular formula is C12H13ClN4. The summed E-state index contributed by atoms with van der Waals surface area (Å²) in [6.45, 7) is 3.72. The third-order valence-electron chi connectivity index (χ3n) is 2.80. The number of aryl methyl sites for hydroxylation is 1. The highest BCUT2D eigenvalue weighted by Gasteiger charge is 2.16. The van der Waals surface area contributed by atoms with E-state index >= 15 is 0 Å². The molecule has 0 bridgehead atoms. The molecule has 4 nitrogen and oxygen atoms in total. The van der Waals surface area contributed by atoms with Gasteiger partial charge in [0.25, 0.3) is 0 Å². The van der Waals surface area contributed by atoms with Crippen LogP contribution in [0.4, 0.5) is 0 Å². The molecule has 2 unspecified atom stereocenters. The number of nitrogens with two attached hydrogens (primary N) is 1. The Morgan fingerprint density at radius 3 is 2.88 bits per heavy atom. The fourth-order valence-corrected chi connectivity index (χ4v) is 2.02. The fourth-order valence-electron chi connectivity index (χ4n) is 1.74. The average molecular weight is 249 g/mol. The summed E-state index contributed by atoms with van der Waals surface area (Å²) in [5, 5.41) is 14.9. The molecule has 2 N–H and O–H groups in total. The molecule has 0 saturated heterocycles. The second-order valence-electron chi connectivity index (χ2n) is 4.18. The van der Waals surface area contributed by atoms with E-state index < -0.39 is 6.17 Å². The predicted octanol–water partition coefficient (Wildman–Crippen LogP) is 2.62. The van der Waals surface area contributed by atoms with Crippen LogP contribution in [0.1, 0.15) is 18.7 Å². The van der Waals surface area contributed by atoms with E-state index in [-0.39, 0.29) is 5.92 Å². The first-order valence-corrected chi connectivity index (χ1v) is 5.71. The van der Waals surface area contributed by atoms with Gasteiger partial charge in [-0.05, 0) is 31.5 Å². The minimum absolute atomic E-state index is 0.292. The molecular weight excluding hydrogens is 236 g/mol. The van der Waals surface area contributed by atoms with Crippen molar-refractivity contribution in [3.8, 4) is 6.07 Å². The lowest BCUT2D eigenvalue weighted by Crippen LogP contribution is -2.25. The summed E-state index contributed by atoms with van der Waals surface area (Å²) in [6, 6.07) is 5.83. The molecule has 1 heterocycles. The smallest absolute Gasteiger partial charge is 0.115 e. The molecule has 0 saturated carbocycles. The maximum absolute atomic E-state index is 8.85. The van der Waals surface area contributed by atoms with Crippen LogP contribution in [0.2, 0.25) is 5.02 Å². The van der Waals surface area contributed by atoms with E-state index in [2.05, 4.69) is 11.2 Å². The summed E-state index contributed by atoms with van der Waals surface area (Å²) < 4.78 is 1.63. The Morgan fingerprint density at radius 1 is 1.53 bits per heavy atom. The number of fused-ring (bicyclic) bond motifs is 1. The second-order valence-corrected chi connectivity index (χ2v) is 4.61. The standard InChI is InChI=1S/C12H13ClN4/c1-7-3-10(13)4-9-6-17(16-11(7)9)12(15)8(2)5-14/h3-4,6,8,12H,15H2,1-2H3. The number of rotatable bonds is 2. The summed E-state index contributed by atoms with van der Waals surface area (Å²) in [5.74, 6) is -0.292. The molecule has 0 radical (unpaired) electrons. The van der Waals surface area contributed by atoms with Crippen LogP contribution in [0.25, 0.3) is 10.9 Å². The van der Waals surface area contributed by atoms with Crippen molar-refractivity contribution in [2.75, 3.05) is 0 Å². The minimum Gasteiger partial charge on any atom is -0.309 e. The molecule has 1 aromatic heterocycles. The summed E-state index contributed by atoms with van der Waals surface area (Å²) in [7, 11) is 0. The van der Waals surface area contributed by atoms with Crippen molar-refractivity contribution < 1.29 is 0 Å². The molecule has 0 aliphatic heterocycles. The molecule has 1 aromatic carbocycles. The van der Waals surface area contributed by atoms with Crippen molar-refractivity contribution >= 4 is 22.5 Å². The molecule has 88 valence electrons. The van der Waals surface area contributed by atoms with E-state index in [1.807, 2.05) is 25.3 Å². The Hall–Kier alpha value is -1.57. The number of hydrogen-bond donors (Lipinski definition) is 1. The fraction of sp³-hybridized carbons (Fsp3) is 0.333. The first-order chi connectivity index (χ1) is 8.02. The molecule has 0 spiro atoms. The van der Waals surface area contributed by atoms with Crippen molar-refractivity contribution in [2.45, 2.75) is 20.0 Å². The third-order valence-corrected chi connectivity index (χ3v) is 3.02. The number of benzene rings is 1. The molecule has 0 aliphatic rings. The summed E-state index contributed by atoms with van der Waals surface area (Å²) >= 11 is 5.98.